The number of nitrogens with zero attached hydrogens (tertiary/aromatic N) is 1. The van der Waals surface area contributed by atoms with Crippen molar-refractivity contribution in [1.29, 1.82) is 0 Å². The van der Waals surface area contributed by atoms with Gasteiger partial charge in [0.1, 0.15) is 0 Å². The molecule has 0 aliphatic rings. The summed E-state index contributed by atoms with van der Waals surface area (Å²) in [5.41, 5.74) is 7.28. The Morgan fingerprint density at radius 2 is 2.27 bits per heavy atom. The molecule has 0 aromatic carbocycles. The molecular weight excluding hydrogens is 144 g/mol. The molecule has 0 saturated heterocycles. The van der Waals surface area contributed by atoms with Crippen LogP contribution in [-0.4, -0.2) is 12.3 Å². The predicted molar refractivity (Wildman–Crippen MR) is 40.4 cm³/mol. The second-order valence-corrected chi connectivity index (χ2v) is 2.46. The van der Waals surface area contributed by atoms with Crippen molar-refractivity contribution in [3.8, 4) is 5.95 Å². The molecule has 0 radical (unpaired) electrons. The minimum atomic E-state index is -0.101. The molecule has 4 heteroatoms. The van der Waals surface area contributed by atoms with Crippen LogP contribution >= 0.6 is 0 Å². The van der Waals surface area contributed by atoms with Crippen molar-refractivity contribution in [2.75, 3.05) is 7.11 Å². The average molecular weight is 156 g/mol. The van der Waals surface area contributed by atoms with Crippen LogP contribution in [0.5, 0.6) is 5.95 Å². The molecular formula is C7H12N2O2. The number of hydrogen-bond donors (Lipinski definition) is 1. The fourth-order valence-electron chi connectivity index (χ4n) is 1.02. The van der Waals surface area contributed by atoms with Crippen LogP contribution in [0.3, 0.4) is 0 Å². The molecule has 62 valence electrons. The van der Waals surface area contributed by atoms with Gasteiger partial charge in [-0.2, -0.15) is 0 Å². The van der Waals surface area contributed by atoms with Gasteiger partial charge in [-0.25, -0.2) is 0 Å². The lowest BCUT2D eigenvalue weighted by Crippen LogP contribution is -2.06. The van der Waals surface area contributed by atoms with E-state index in [1.165, 1.54) is 7.11 Å². The van der Waals surface area contributed by atoms with E-state index in [9.17, 15) is 0 Å². The van der Waals surface area contributed by atoms with Gasteiger partial charge in [-0.3, -0.25) is 0 Å². The van der Waals surface area contributed by atoms with Crippen molar-refractivity contribution < 1.29 is 9.26 Å². The molecule has 0 aliphatic heterocycles. The monoisotopic (exact) mass is 156 g/mol. The highest BCUT2D eigenvalue weighted by atomic mass is 16.6. The first kappa shape index (κ1) is 8.07. The van der Waals surface area contributed by atoms with Crippen molar-refractivity contribution in [3.63, 3.8) is 0 Å². The Hall–Kier alpha value is -1.03. The number of nitrogens with two attached hydrogens (primary N) is 1. The quantitative estimate of drug-likeness (QED) is 0.694. The summed E-state index contributed by atoms with van der Waals surface area (Å²) in [4.78, 5) is 0. The van der Waals surface area contributed by atoms with Gasteiger partial charge in [0.15, 0.2) is 0 Å². The van der Waals surface area contributed by atoms with E-state index in [-0.39, 0.29) is 6.04 Å². The Labute approximate surface area is 65.3 Å². The van der Waals surface area contributed by atoms with Gasteiger partial charge in [-0.1, -0.05) is 5.16 Å². The van der Waals surface area contributed by atoms with E-state index in [0.29, 0.717) is 5.95 Å². The summed E-state index contributed by atoms with van der Waals surface area (Å²) in [5.74, 6) is 0.414. The SMILES string of the molecule is COc1onc(C)c1C(C)N. The molecule has 1 atom stereocenters. The van der Waals surface area contributed by atoms with Crippen molar-refractivity contribution >= 4 is 0 Å². The number of methoxy groups -OCH3 is 1. The first-order chi connectivity index (χ1) is 5.16. The van der Waals surface area contributed by atoms with Crippen LogP contribution in [0, 0.1) is 6.92 Å². The molecule has 1 heterocycles. The van der Waals surface area contributed by atoms with Crippen LogP contribution in [0.4, 0.5) is 0 Å². The van der Waals surface area contributed by atoms with Gasteiger partial charge < -0.3 is 15.0 Å². The Morgan fingerprint density at radius 3 is 2.64 bits per heavy atom. The van der Waals surface area contributed by atoms with Crippen LogP contribution in [0.2, 0.25) is 0 Å². The van der Waals surface area contributed by atoms with E-state index in [0.717, 1.165) is 11.3 Å². The number of hydrogen-bond acceptors (Lipinski definition) is 4. The zero-order valence-electron chi connectivity index (χ0n) is 6.92. The molecule has 0 bridgehead atoms. The summed E-state index contributed by atoms with van der Waals surface area (Å²) in [5, 5.41) is 3.73. The van der Waals surface area contributed by atoms with Gasteiger partial charge in [0.2, 0.25) is 0 Å². The predicted octanol–water partition coefficient (Wildman–Crippen LogP) is 1.01. The van der Waals surface area contributed by atoms with Crippen molar-refractivity contribution in [2.24, 2.45) is 5.73 Å². The van der Waals surface area contributed by atoms with Crippen molar-refractivity contribution in [2.45, 2.75) is 19.9 Å². The smallest absolute Gasteiger partial charge is 0.315 e. The van der Waals surface area contributed by atoms with Gasteiger partial charge in [-0.15, -0.1) is 0 Å². The molecule has 1 aromatic rings. The molecule has 0 fully saturated rings. The molecule has 0 saturated carbocycles. The second kappa shape index (κ2) is 2.92. The van der Waals surface area contributed by atoms with E-state index in [2.05, 4.69) is 5.16 Å². The second-order valence-electron chi connectivity index (χ2n) is 2.46. The van der Waals surface area contributed by atoms with Crippen LogP contribution in [0.15, 0.2) is 4.52 Å². The molecule has 0 amide bonds. The summed E-state index contributed by atoms with van der Waals surface area (Å²) in [6, 6.07) is -0.101. The Balaban J connectivity index is 3.07. The fraction of sp³-hybridized carbons (Fsp3) is 0.571. The maximum Gasteiger partial charge on any atom is 0.315 e. The zero-order valence-corrected chi connectivity index (χ0v) is 6.92. The fourth-order valence-corrected chi connectivity index (χ4v) is 1.02. The first-order valence-electron chi connectivity index (χ1n) is 3.42. The standard InChI is InChI=1S/C7H12N2O2/c1-4(8)6-5(2)9-11-7(6)10-3/h4H,8H2,1-3H3. The summed E-state index contributed by atoms with van der Waals surface area (Å²) in [7, 11) is 1.53. The van der Waals surface area contributed by atoms with Crippen molar-refractivity contribution in [1.82, 2.24) is 5.16 Å². The lowest BCUT2D eigenvalue weighted by molar-refractivity contribution is 0.256. The number of rotatable bonds is 2. The summed E-state index contributed by atoms with van der Waals surface area (Å²) < 4.78 is 9.77. The van der Waals surface area contributed by atoms with Gasteiger partial charge in [0.05, 0.1) is 18.4 Å². The Bertz CT molecular complexity index is 243. The Kier molecular flexibility index (Phi) is 2.14. The molecule has 4 nitrogen and oxygen atoms in total. The third-order valence-corrected chi connectivity index (χ3v) is 1.52. The van der Waals surface area contributed by atoms with E-state index in [1.54, 1.807) is 0 Å². The lowest BCUT2D eigenvalue weighted by atomic mass is 10.1. The topological polar surface area (TPSA) is 61.3 Å². The van der Waals surface area contributed by atoms with Gasteiger partial charge >= 0.3 is 5.95 Å². The Morgan fingerprint density at radius 1 is 1.64 bits per heavy atom. The average Bonchev–Trinajstić information content (AvgIpc) is 2.30. The molecule has 2 N–H and O–H groups in total. The summed E-state index contributed by atoms with van der Waals surface area (Å²) in [6.45, 7) is 3.70. The first-order valence-corrected chi connectivity index (χ1v) is 3.42. The van der Waals surface area contributed by atoms with Gasteiger partial charge in [0.25, 0.3) is 0 Å². The molecule has 0 spiro atoms. The molecule has 1 rings (SSSR count). The van der Waals surface area contributed by atoms with E-state index in [1.807, 2.05) is 13.8 Å². The largest absolute Gasteiger partial charge is 0.467 e. The summed E-state index contributed by atoms with van der Waals surface area (Å²) in [6.07, 6.45) is 0. The van der Waals surface area contributed by atoms with Crippen LogP contribution in [-0.2, 0) is 0 Å². The van der Waals surface area contributed by atoms with E-state index >= 15 is 0 Å². The number of ether oxygens (including phenoxy) is 1. The minimum Gasteiger partial charge on any atom is -0.467 e. The van der Waals surface area contributed by atoms with E-state index in [4.69, 9.17) is 15.0 Å². The lowest BCUT2D eigenvalue weighted by Gasteiger charge is -2.02. The molecule has 0 aliphatic carbocycles. The molecule has 1 aromatic heterocycles. The number of aromatic nitrogens is 1. The van der Waals surface area contributed by atoms with Crippen LogP contribution in [0.1, 0.15) is 24.2 Å². The molecule has 11 heavy (non-hydrogen) atoms. The van der Waals surface area contributed by atoms with E-state index < -0.39 is 0 Å². The third-order valence-electron chi connectivity index (χ3n) is 1.52. The zero-order chi connectivity index (χ0) is 8.43. The van der Waals surface area contributed by atoms with Gasteiger partial charge in [-0.05, 0) is 13.8 Å². The van der Waals surface area contributed by atoms with Crippen molar-refractivity contribution in [3.05, 3.63) is 11.3 Å². The normalized spacial score (nSPS) is 13.1. The highest BCUT2D eigenvalue weighted by Gasteiger charge is 2.16. The minimum absolute atomic E-state index is 0.101. The maximum atomic E-state index is 5.66. The van der Waals surface area contributed by atoms with Gasteiger partial charge in [0, 0.05) is 6.04 Å². The summed E-state index contributed by atoms with van der Waals surface area (Å²) >= 11 is 0. The third kappa shape index (κ3) is 1.35. The van der Waals surface area contributed by atoms with Crippen LogP contribution < -0.4 is 10.5 Å². The highest BCUT2D eigenvalue weighted by molar-refractivity contribution is 5.29. The maximum absolute atomic E-state index is 5.66. The number of aryl methyl sites for hydroxylation is 1. The molecule has 1 unspecified atom stereocenters. The highest BCUT2D eigenvalue weighted by Crippen LogP contribution is 2.26. The van der Waals surface area contributed by atoms with Crippen LogP contribution in [0.25, 0.3) is 0 Å².